The van der Waals surface area contributed by atoms with Gasteiger partial charge in [0.1, 0.15) is 12.4 Å². The van der Waals surface area contributed by atoms with Gasteiger partial charge in [0.25, 0.3) is 0 Å². The monoisotopic (exact) mass is 393 g/mol. The number of piperidine rings is 1. The van der Waals surface area contributed by atoms with Crippen molar-refractivity contribution in [2.75, 3.05) is 20.3 Å². The molecular weight excluding hydrogens is 369 g/mol. The minimum absolute atomic E-state index is 0.0806. The van der Waals surface area contributed by atoms with E-state index in [9.17, 15) is 14.3 Å². The van der Waals surface area contributed by atoms with E-state index in [0.29, 0.717) is 25.1 Å². The van der Waals surface area contributed by atoms with Crippen LogP contribution in [0.1, 0.15) is 29.8 Å². The first-order chi connectivity index (χ1) is 12.9. The number of rotatable bonds is 6. The van der Waals surface area contributed by atoms with Crippen molar-refractivity contribution in [1.29, 1.82) is 0 Å². The van der Waals surface area contributed by atoms with Gasteiger partial charge < -0.3 is 15.2 Å². The van der Waals surface area contributed by atoms with Gasteiger partial charge in [-0.05, 0) is 30.9 Å². The molecule has 2 aromatic heterocycles. The molecule has 3 rings (SSSR count). The maximum Gasteiger partial charge on any atom is 0.246 e. The molecule has 1 saturated heterocycles. The van der Waals surface area contributed by atoms with Crippen molar-refractivity contribution < 1.29 is 19.0 Å². The standard InChI is InChI=1S/C19H24FN3O3S/c1-19(25)6-8-23(11-13-5-7-21-10-14(13)20)17(15-4-3-9-27-15)18(19)22-16(24)12-26-2/h3-5,7,9-10,17-18,25H,6,8,11-12H2,1-2H3,(H,22,24)/t17-,18-,19+/m0/s1. The quantitative estimate of drug-likeness (QED) is 0.786. The zero-order chi connectivity index (χ0) is 19.4. The van der Waals surface area contributed by atoms with Crippen molar-refractivity contribution in [2.45, 2.75) is 37.6 Å². The molecule has 27 heavy (non-hydrogen) atoms. The first kappa shape index (κ1) is 19.9. The highest BCUT2D eigenvalue weighted by Gasteiger charge is 2.46. The number of carbonyl (C=O) groups is 1. The van der Waals surface area contributed by atoms with Crippen molar-refractivity contribution in [1.82, 2.24) is 15.2 Å². The maximum absolute atomic E-state index is 14.2. The minimum Gasteiger partial charge on any atom is -0.388 e. The summed E-state index contributed by atoms with van der Waals surface area (Å²) in [4.78, 5) is 19.1. The fraction of sp³-hybridized carbons (Fsp3) is 0.474. The van der Waals surface area contributed by atoms with Gasteiger partial charge in [-0.3, -0.25) is 14.7 Å². The molecule has 1 fully saturated rings. The molecule has 0 unspecified atom stereocenters. The largest absolute Gasteiger partial charge is 0.388 e. The van der Waals surface area contributed by atoms with E-state index in [4.69, 9.17) is 4.74 Å². The van der Waals surface area contributed by atoms with Crippen LogP contribution < -0.4 is 5.32 Å². The Labute approximate surface area is 162 Å². The molecule has 0 aliphatic carbocycles. The Kier molecular flexibility index (Phi) is 6.21. The van der Waals surface area contributed by atoms with E-state index < -0.39 is 11.6 Å². The van der Waals surface area contributed by atoms with E-state index in [1.54, 1.807) is 30.5 Å². The highest BCUT2D eigenvalue weighted by atomic mass is 32.1. The van der Waals surface area contributed by atoms with Gasteiger partial charge in [-0.15, -0.1) is 11.3 Å². The molecule has 1 aliphatic heterocycles. The third-order valence-electron chi connectivity index (χ3n) is 4.94. The number of nitrogens with one attached hydrogen (secondary N) is 1. The second-order valence-electron chi connectivity index (χ2n) is 6.98. The third kappa shape index (κ3) is 4.52. The van der Waals surface area contributed by atoms with Crippen molar-refractivity contribution in [3.8, 4) is 0 Å². The van der Waals surface area contributed by atoms with Gasteiger partial charge in [0, 0.05) is 36.8 Å². The fourth-order valence-corrected chi connectivity index (χ4v) is 4.42. The Balaban J connectivity index is 1.93. The molecule has 3 heterocycles. The van der Waals surface area contributed by atoms with E-state index in [2.05, 4.69) is 15.2 Å². The Morgan fingerprint density at radius 2 is 2.37 bits per heavy atom. The van der Waals surface area contributed by atoms with Gasteiger partial charge in [-0.2, -0.15) is 0 Å². The zero-order valence-electron chi connectivity index (χ0n) is 15.4. The normalized spacial score (nSPS) is 26.1. The SMILES string of the molecule is COCC(=O)N[C@H]1[C@H](c2cccs2)N(Cc2ccncc2F)CC[C@@]1(C)O. The average molecular weight is 393 g/mol. The molecule has 6 nitrogen and oxygen atoms in total. The molecule has 0 bridgehead atoms. The summed E-state index contributed by atoms with van der Waals surface area (Å²) < 4.78 is 19.1. The second kappa shape index (κ2) is 8.43. The summed E-state index contributed by atoms with van der Waals surface area (Å²) in [5, 5.41) is 15.9. The van der Waals surface area contributed by atoms with Crippen LogP contribution in [0.15, 0.2) is 36.0 Å². The van der Waals surface area contributed by atoms with E-state index in [1.807, 2.05) is 17.5 Å². The number of hydrogen-bond acceptors (Lipinski definition) is 6. The molecular formula is C19H24FN3O3S. The van der Waals surface area contributed by atoms with Crippen molar-refractivity contribution in [3.05, 3.63) is 52.2 Å². The van der Waals surface area contributed by atoms with E-state index in [0.717, 1.165) is 4.88 Å². The number of ether oxygens (including phenoxy) is 1. The first-order valence-corrected chi connectivity index (χ1v) is 9.67. The molecule has 8 heteroatoms. The van der Waals surface area contributed by atoms with Crippen molar-refractivity contribution in [2.24, 2.45) is 0 Å². The van der Waals surface area contributed by atoms with Gasteiger partial charge >= 0.3 is 0 Å². The number of methoxy groups -OCH3 is 1. The molecule has 1 amide bonds. The molecule has 2 aromatic rings. The summed E-state index contributed by atoms with van der Waals surface area (Å²) in [6.45, 7) is 2.59. The molecule has 0 aromatic carbocycles. The van der Waals surface area contributed by atoms with Crippen LogP contribution in [0.5, 0.6) is 0 Å². The molecule has 0 saturated carbocycles. The number of halogens is 1. The van der Waals surface area contributed by atoms with Crippen LogP contribution in [-0.2, 0) is 16.1 Å². The Hall–Kier alpha value is -1.87. The van der Waals surface area contributed by atoms with Gasteiger partial charge in [0.2, 0.25) is 5.91 Å². The van der Waals surface area contributed by atoms with Crippen molar-refractivity contribution in [3.63, 3.8) is 0 Å². The molecule has 2 N–H and O–H groups in total. The third-order valence-corrected chi connectivity index (χ3v) is 5.88. The first-order valence-electron chi connectivity index (χ1n) is 8.79. The van der Waals surface area contributed by atoms with Gasteiger partial charge in [0.05, 0.1) is 23.9 Å². The summed E-state index contributed by atoms with van der Waals surface area (Å²) >= 11 is 1.55. The lowest BCUT2D eigenvalue weighted by atomic mass is 9.81. The highest BCUT2D eigenvalue weighted by Crippen LogP contribution is 2.39. The predicted octanol–water partition coefficient (Wildman–Crippen LogP) is 2.11. The lowest BCUT2D eigenvalue weighted by molar-refractivity contribution is -0.132. The van der Waals surface area contributed by atoms with Gasteiger partial charge in [-0.25, -0.2) is 4.39 Å². The number of amides is 1. The van der Waals surface area contributed by atoms with Crippen molar-refractivity contribution >= 4 is 17.2 Å². The van der Waals surface area contributed by atoms with Crippen LogP contribution in [0.25, 0.3) is 0 Å². The fourth-order valence-electron chi connectivity index (χ4n) is 3.53. The Morgan fingerprint density at radius 1 is 1.56 bits per heavy atom. The summed E-state index contributed by atoms with van der Waals surface area (Å²) in [6.07, 6.45) is 3.23. The summed E-state index contributed by atoms with van der Waals surface area (Å²) in [7, 11) is 1.45. The average Bonchev–Trinajstić information content (AvgIpc) is 3.14. The van der Waals surface area contributed by atoms with E-state index in [1.165, 1.54) is 13.3 Å². The predicted molar refractivity (Wildman–Crippen MR) is 101 cm³/mol. The summed E-state index contributed by atoms with van der Waals surface area (Å²) in [5.74, 6) is -0.652. The number of carbonyl (C=O) groups excluding carboxylic acids is 1. The number of likely N-dealkylation sites (tertiary alicyclic amines) is 1. The minimum atomic E-state index is -1.09. The lowest BCUT2D eigenvalue weighted by Crippen LogP contribution is -2.62. The number of hydrogen-bond donors (Lipinski definition) is 2. The number of aliphatic hydroxyl groups is 1. The summed E-state index contributed by atoms with van der Waals surface area (Å²) in [5.41, 5.74) is -0.555. The topological polar surface area (TPSA) is 74.7 Å². The zero-order valence-corrected chi connectivity index (χ0v) is 16.2. The Bertz CT molecular complexity index is 769. The lowest BCUT2D eigenvalue weighted by Gasteiger charge is -2.48. The van der Waals surface area contributed by atoms with Gasteiger partial charge in [0.15, 0.2) is 0 Å². The van der Waals surface area contributed by atoms with Crippen LogP contribution in [-0.4, -0.2) is 52.8 Å². The van der Waals surface area contributed by atoms with Crippen LogP contribution >= 0.6 is 11.3 Å². The molecule has 0 spiro atoms. The van der Waals surface area contributed by atoms with Crippen LogP contribution in [0.2, 0.25) is 0 Å². The second-order valence-corrected chi connectivity index (χ2v) is 7.96. The van der Waals surface area contributed by atoms with Crippen LogP contribution in [0.4, 0.5) is 4.39 Å². The molecule has 146 valence electrons. The van der Waals surface area contributed by atoms with Crippen LogP contribution in [0, 0.1) is 5.82 Å². The number of aromatic nitrogens is 1. The highest BCUT2D eigenvalue weighted by molar-refractivity contribution is 7.10. The van der Waals surface area contributed by atoms with Gasteiger partial charge in [-0.1, -0.05) is 6.07 Å². The number of nitrogens with zero attached hydrogens (tertiary/aromatic N) is 2. The van der Waals surface area contributed by atoms with Crippen LogP contribution in [0.3, 0.4) is 0 Å². The summed E-state index contributed by atoms with van der Waals surface area (Å²) in [6, 6.07) is 4.75. The van der Waals surface area contributed by atoms with E-state index in [-0.39, 0.29) is 24.4 Å². The smallest absolute Gasteiger partial charge is 0.246 e. The molecule has 0 radical (unpaired) electrons. The number of thiophene rings is 1. The molecule has 1 aliphatic rings. The van der Waals surface area contributed by atoms with E-state index >= 15 is 0 Å². The Morgan fingerprint density at radius 3 is 3.04 bits per heavy atom. The number of pyridine rings is 1. The molecule has 3 atom stereocenters. The maximum atomic E-state index is 14.2.